The molecule has 0 radical (unpaired) electrons. The van der Waals surface area contributed by atoms with Crippen molar-refractivity contribution >= 4 is 0 Å². The Bertz CT molecular complexity index is 377. The smallest absolute Gasteiger partial charge is 0.126 e. The third-order valence-corrected chi connectivity index (χ3v) is 3.41. The van der Waals surface area contributed by atoms with Gasteiger partial charge in [-0.25, -0.2) is 8.78 Å². The largest absolute Gasteiger partial charge is 0.378 e. The molecular weight excluding hydrogens is 236 g/mol. The van der Waals surface area contributed by atoms with Crippen LogP contribution in [0.1, 0.15) is 25.3 Å². The average Bonchev–Trinajstić information content (AvgIpc) is 2.75. The quantitative estimate of drug-likeness (QED) is 0.873. The summed E-state index contributed by atoms with van der Waals surface area (Å²) >= 11 is 0. The van der Waals surface area contributed by atoms with Crippen LogP contribution in [0.3, 0.4) is 0 Å². The fourth-order valence-electron chi connectivity index (χ4n) is 2.49. The summed E-state index contributed by atoms with van der Waals surface area (Å²) < 4.78 is 31.6. The van der Waals surface area contributed by atoms with Crippen LogP contribution in [-0.4, -0.2) is 19.3 Å². The van der Waals surface area contributed by atoms with E-state index >= 15 is 0 Å². The minimum Gasteiger partial charge on any atom is -0.378 e. The molecule has 2 unspecified atom stereocenters. The van der Waals surface area contributed by atoms with E-state index in [9.17, 15) is 8.78 Å². The Morgan fingerprint density at radius 3 is 2.67 bits per heavy atom. The molecule has 1 aromatic rings. The Morgan fingerprint density at radius 1 is 1.28 bits per heavy atom. The van der Waals surface area contributed by atoms with E-state index in [1.165, 1.54) is 12.1 Å². The molecule has 0 aromatic heterocycles. The van der Waals surface area contributed by atoms with E-state index in [2.05, 4.69) is 12.2 Å². The van der Waals surface area contributed by atoms with Crippen molar-refractivity contribution in [3.8, 4) is 0 Å². The van der Waals surface area contributed by atoms with Gasteiger partial charge < -0.3 is 10.1 Å². The summed E-state index contributed by atoms with van der Waals surface area (Å²) in [4.78, 5) is 0. The second kappa shape index (κ2) is 6.25. The van der Waals surface area contributed by atoms with E-state index in [0.29, 0.717) is 24.1 Å². The number of hydrogen-bond donors (Lipinski definition) is 1. The van der Waals surface area contributed by atoms with Crippen LogP contribution >= 0.6 is 0 Å². The molecule has 4 heteroatoms. The molecule has 100 valence electrons. The fourth-order valence-corrected chi connectivity index (χ4v) is 2.49. The van der Waals surface area contributed by atoms with Gasteiger partial charge in [0.05, 0.1) is 6.10 Å². The van der Waals surface area contributed by atoms with Crippen LogP contribution in [0.15, 0.2) is 18.2 Å². The maximum Gasteiger partial charge on any atom is 0.126 e. The zero-order valence-electron chi connectivity index (χ0n) is 10.6. The number of benzene rings is 1. The molecule has 1 fully saturated rings. The summed E-state index contributed by atoms with van der Waals surface area (Å²) in [6, 6.07) is 3.61. The first-order valence-electron chi connectivity index (χ1n) is 6.46. The molecular formula is C14H19F2NO. The van der Waals surface area contributed by atoms with Crippen LogP contribution in [-0.2, 0) is 11.3 Å². The Balaban J connectivity index is 1.81. The Labute approximate surface area is 106 Å². The highest BCUT2D eigenvalue weighted by molar-refractivity contribution is 5.17. The van der Waals surface area contributed by atoms with Gasteiger partial charge in [0.1, 0.15) is 11.6 Å². The van der Waals surface area contributed by atoms with Crippen LogP contribution in [0.25, 0.3) is 0 Å². The maximum atomic E-state index is 13.0. The summed E-state index contributed by atoms with van der Waals surface area (Å²) in [6.45, 7) is 4.25. The summed E-state index contributed by atoms with van der Waals surface area (Å²) in [5.41, 5.74) is 0.638. The van der Waals surface area contributed by atoms with Gasteiger partial charge in [-0.05, 0) is 36.5 Å². The molecule has 0 aliphatic carbocycles. The van der Waals surface area contributed by atoms with Gasteiger partial charge >= 0.3 is 0 Å². The zero-order valence-corrected chi connectivity index (χ0v) is 10.6. The molecule has 1 heterocycles. The number of hydrogen-bond acceptors (Lipinski definition) is 2. The minimum atomic E-state index is -0.526. The van der Waals surface area contributed by atoms with Crippen molar-refractivity contribution in [2.45, 2.75) is 32.4 Å². The van der Waals surface area contributed by atoms with E-state index in [1.54, 1.807) is 0 Å². The van der Waals surface area contributed by atoms with Crippen LogP contribution in [0.5, 0.6) is 0 Å². The van der Waals surface area contributed by atoms with Gasteiger partial charge in [-0.2, -0.15) is 0 Å². The van der Waals surface area contributed by atoms with Crippen LogP contribution in [0.4, 0.5) is 8.78 Å². The van der Waals surface area contributed by atoms with Gasteiger partial charge in [0.25, 0.3) is 0 Å². The molecule has 1 aliphatic heterocycles. The first-order valence-corrected chi connectivity index (χ1v) is 6.46. The highest BCUT2D eigenvalue weighted by Crippen LogP contribution is 2.22. The lowest BCUT2D eigenvalue weighted by Gasteiger charge is -2.17. The number of halogens is 2. The summed E-state index contributed by atoms with van der Waals surface area (Å²) in [5.74, 6) is -0.543. The van der Waals surface area contributed by atoms with Gasteiger partial charge in [0.15, 0.2) is 0 Å². The molecule has 0 saturated carbocycles. The van der Waals surface area contributed by atoms with Crippen molar-refractivity contribution < 1.29 is 13.5 Å². The van der Waals surface area contributed by atoms with E-state index in [1.807, 2.05) is 0 Å². The maximum absolute atomic E-state index is 13.0. The first-order chi connectivity index (χ1) is 8.69. The number of rotatable bonds is 5. The van der Waals surface area contributed by atoms with Crippen molar-refractivity contribution in [2.75, 3.05) is 13.2 Å². The molecule has 2 nitrogen and oxygen atoms in total. The van der Waals surface area contributed by atoms with E-state index < -0.39 is 11.6 Å². The van der Waals surface area contributed by atoms with Crippen molar-refractivity contribution in [1.82, 2.24) is 5.32 Å². The second-order valence-corrected chi connectivity index (χ2v) is 4.77. The monoisotopic (exact) mass is 255 g/mol. The SMILES string of the molecule is CCC1OCCC1CNCc1cc(F)cc(F)c1. The summed E-state index contributed by atoms with van der Waals surface area (Å²) in [6.07, 6.45) is 2.39. The molecule has 2 rings (SSSR count). The van der Waals surface area contributed by atoms with Crippen LogP contribution in [0, 0.1) is 17.6 Å². The lowest BCUT2D eigenvalue weighted by molar-refractivity contribution is 0.0872. The highest BCUT2D eigenvalue weighted by Gasteiger charge is 2.25. The molecule has 1 N–H and O–H groups in total. The lowest BCUT2D eigenvalue weighted by Crippen LogP contribution is -2.28. The Hall–Kier alpha value is -1.00. The molecule has 1 saturated heterocycles. The van der Waals surface area contributed by atoms with Gasteiger partial charge in [-0.3, -0.25) is 0 Å². The normalized spacial score (nSPS) is 23.5. The lowest BCUT2D eigenvalue weighted by atomic mass is 9.99. The second-order valence-electron chi connectivity index (χ2n) is 4.77. The standard InChI is InChI=1S/C14H19F2NO/c1-2-14-11(3-4-18-14)9-17-8-10-5-12(15)7-13(16)6-10/h5-7,11,14,17H,2-4,8-9H2,1H3. The molecule has 0 spiro atoms. The van der Waals surface area contributed by atoms with Crippen molar-refractivity contribution in [3.63, 3.8) is 0 Å². The van der Waals surface area contributed by atoms with Gasteiger partial charge in [0.2, 0.25) is 0 Å². The predicted molar refractivity (Wildman–Crippen MR) is 66.2 cm³/mol. The van der Waals surface area contributed by atoms with E-state index in [-0.39, 0.29) is 0 Å². The van der Waals surface area contributed by atoms with Crippen molar-refractivity contribution in [2.24, 2.45) is 5.92 Å². The molecule has 1 aliphatic rings. The molecule has 0 amide bonds. The first kappa shape index (κ1) is 13.4. The highest BCUT2D eigenvalue weighted by atomic mass is 19.1. The van der Waals surface area contributed by atoms with Crippen LogP contribution < -0.4 is 5.32 Å². The van der Waals surface area contributed by atoms with Gasteiger partial charge in [0, 0.05) is 25.8 Å². The van der Waals surface area contributed by atoms with Crippen LogP contribution in [0.2, 0.25) is 0 Å². The molecule has 18 heavy (non-hydrogen) atoms. The zero-order chi connectivity index (χ0) is 13.0. The van der Waals surface area contributed by atoms with Crippen molar-refractivity contribution in [3.05, 3.63) is 35.4 Å². The summed E-state index contributed by atoms with van der Waals surface area (Å²) in [7, 11) is 0. The van der Waals surface area contributed by atoms with E-state index in [4.69, 9.17) is 4.74 Å². The van der Waals surface area contributed by atoms with Gasteiger partial charge in [-0.15, -0.1) is 0 Å². The Kier molecular flexibility index (Phi) is 4.66. The van der Waals surface area contributed by atoms with E-state index in [0.717, 1.165) is 32.1 Å². The number of ether oxygens (including phenoxy) is 1. The summed E-state index contributed by atoms with van der Waals surface area (Å²) in [5, 5.41) is 3.25. The third-order valence-electron chi connectivity index (χ3n) is 3.41. The molecule has 1 aromatic carbocycles. The predicted octanol–water partition coefficient (Wildman–Crippen LogP) is 2.87. The topological polar surface area (TPSA) is 21.3 Å². The number of nitrogens with one attached hydrogen (secondary N) is 1. The average molecular weight is 255 g/mol. The Morgan fingerprint density at radius 2 is 2.00 bits per heavy atom. The van der Waals surface area contributed by atoms with Crippen molar-refractivity contribution in [1.29, 1.82) is 0 Å². The third kappa shape index (κ3) is 3.50. The molecule has 0 bridgehead atoms. The minimum absolute atomic E-state index is 0.321. The molecule has 2 atom stereocenters. The fraction of sp³-hybridized carbons (Fsp3) is 0.571. The van der Waals surface area contributed by atoms with Gasteiger partial charge in [-0.1, -0.05) is 6.92 Å².